The molecule has 0 atom stereocenters. The van der Waals surface area contributed by atoms with Crippen LogP contribution in [0.25, 0.3) is 0 Å². The molecule has 0 saturated heterocycles. The molecule has 2 aromatic carbocycles. The third-order valence-corrected chi connectivity index (χ3v) is 5.12. The first-order valence-corrected chi connectivity index (χ1v) is 10.5. The first-order valence-electron chi connectivity index (χ1n) is 8.79. The Morgan fingerprint density at radius 2 is 1.73 bits per heavy atom. The Labute approximate surface area is 173 Å². The summed E-state index contributed by atoms with van der Waals surface area (Å²) in [6.07, 6.45) is 0.346. The van der Waals surface area contributed by atoms with E-state index >= 15 is 0 Å². The molecule has 0 saturated carbocycles. The van der Waals surface area contributed by atoms with Gasteiger partial charge < -0.3 is 14.8 Å². The van der Waals surface area contributed by atoms with Gasteiger partial charge in [-0.05, 0) is 30.7 Å². The molecule has 10 nitrogen and oxygen atoms in total. The highest BCUT2D eigenvalue weighted by atomic mass is 31.2. The number of benzene rings is 2. The maximum atomic E-state index is 12.3. The summed E-state index contributed by atoms with van der Waals surface area (Å²) in [6, 6.07) is 13.8. The second kappa shape index (κ2) is 12.1. The van der Waals surface area contributed by atoms with E-state index in [0.29, 0.717) is 11.5 Å². The minimum Gasteiger partial charge on any atom is -0.491 e. The summed E-state index contributed by atoms with van der Waals surface area (Å²) in [6.45, 7) is 0.0862. The lowest BCUT2D eigenvalue weighted by Crippen LogP contribution is -2.13. The minimum atomic E-state index is -3.60. The van der Waals surface area contributed by atoms with Gasteiger partial charge in [-0.1, -0.05) is 18.2 Å². The van der Waals surface area contributed by atoms with Crippen molar-refractivity contribution in [3.8, 4) is 17.2 Å². The Bertz CT molecular complexity index is 866. The molecular formula is C19H22NO9P. The monoisotopic (exact) mass is 439 g/mol. The van der Waals surface area contributed by atoms with Gasteiger partial charge in [0.25, 0.3) is 5.91 Å². The van der Waals surface area contributed by atoms with Gasteiger partial charge >= 0.3 is 7.60 Å². The largest absolute Gasteiger partial charge is 0.491 e. The van der Waals surface area contributed by atoms with Gasteiger partial charge in [-0.3, -0.25) is 14.2 Å². The lowest BCUT2D eigenvalue weighted by Gasteiger charge is -2.16. The number of carbonyl (C=O) groups excluding carboxylic acids is 2. The average Bonchev–Trinajstić information content (AvgIpc) is 2.74. The van der Waals surface area contributed by atoms with Crippen molar-refractivity contribution in [1.82, 2.24) is 0 Å². The van der Waals surface area contributed by atoms with E-state index in [0.717, 1.165) is 0 Å². The number of rotatable bonds is 13. The van der Waals surface area contributed by atoms with E-state index in [1.807, 2.05) is 18.2 Å². The van der Waals surface area contributed by atoms with Crippen molar-refractivity contribution >= 4 is 25.5 Å². The summed E-state index contributed by atoms with van der Waals surface area (Å²) in [5, 5.41) is 2.42. The molecule has 1 amide bonds. The molecule has 0 spiro atoms. The molecule has 0 aliphatic heterocycles. The zero-order valence-electron chi connectivity index (χ0n) is 16.4. The molecule has 0 fully saturated rings. The van der Waals surface area contributed by atoms with Crippen LogP contribution in [0.3, 0.4) is 0 Å². The zero-order valence-corrected chi connectivity index (χ0v) is 17.3. The van der Waals surface area contributed by atoms with E-state index in [1.165, 1.54) is 14.2 Å². The van der Waals surface area contributed by atoms with Gasteiger partial charge in [0.2, 0.25) is 6.29 Å². The minimum absolute atomic E-state index is 0.0507. The van der Waals surface area contributed by atoms with Crippen LogP contribution in [0.2, 0.25) is 0 Å². The number of hydrogen-bond donors (Lipinski definition) is 1. The molecule has 2 aromatic rings. The molecule has 0 aliphatic rings. The van der Waals surface area contributed by atoms with Crippen molar-refractivity contribution in [2.24, 2.45) is 0 Å². The summed E-state index contributed by atoms with van der Waals surface area (Å²) in [7, 11) is -1.21. The molecule has 1 N–H and O–H groups in total. The smallest absolute Gasteiger partial charge is 0.384 e. The van der Waals surface area contributed by atoms with Gasteiger partial charge in [0.15, 0.2) is 0 Å². The number of anilines is 1. The molecule has 0 aliphatic carbocycles. The Kier molecular flexibility index (Phi) is 9.46. The van der Waals surface area contributed by atoms with E-state index in [1.54, 1.807) is 30.3 Å². The number of nitrogens with one attached hydrogen (secondary N) is 1. The first kappa shape index (κ1) is 23.5. The summed E-state index contributed by atoms with van der Waals surface area (Å²) >= 11 is 0. The van der Waals surface area contributed by atoms with E-state index in [-0.39, 0.29) is 36.9 Å². The van der Waals surface area contributed by atoms with Crippen LogP contribution in [0.1, 0.15) is 6.42 Å². The van der Waals surface area contributed by atoms with Gasteiger partial charge in [0, 0.05) is 6.07 Å². The third kappa shape index (κ3) is 7.58. The van der Waals surface area contributed by atoms with Gasteiger partial charge in [-0.15, -0.1) is 9.35 Å². The Hall–Kier alpha value is -2.75. The van der Waals surface area contributed by atoms with Crippen LogP contribution < -0.4 is 14.8 Å². The van der Waals surface area contributed by atoms with Crippen molar-refractivity contribution < 1.29 is 42.8 Å². The molecule has 0 unspecified atom stereocenters. The van der Waals surface area contributed by atoms with Crippen LogP contribution in [0.15, 0.2) is 48.5 Å². The lowest BCUT2D eigenvalue weighted by molar-refractivity contribution is -0.242. The number of ether oxygens (including phenoxy) is 2. The summed E-state index contributed by atoms with van der Waals surface area (Å²) < 4.78 is 33.0. The first-order chi connectivity index (χ1) is 14.5. The third-order valence-electron chi connectivity index (χ3n) is 3.51. The Morgan fingerprint density at radius 3 is 2.37 bits per heavy atom. The number of amides is 1. The van der Waals surface area contributed by atoms with Crippen molar-refractivity contribution in [2.45, 2.75) is 6.42 Å². The van der Waals surface area contributed by atoms with E-state index in [4.69, 9.17) is 9.47 Å². The zero-order chi connectivity index (χ0) is 21.8. The van der Waals surface area contributed by atoms with E-state index in [2.05, 4.69) is 24.4 Å². The fourth-order valence-electron chi connectivity index (χ4n) is 2.33. The molecule has 0 heterocycles. The molecule has 11 heteroatoms. The van der Waals surface area contributed by atoms with Crippen LogP contribution in [0.4, 0.5) is 5.69 Å². The molecular weight excluding hydrogens is 417 g/mol. The second-order valence-corrected chi connectivity index (χ2v) is 7.67. The Balaban J connectivity index is 2.08. The molecule has 2 rings (SSSR count). The van der Waals surface area contributed by atoms with Gasteiger partial charge in [-0.2, -0.15) is 0 Å². The van der Waals surface area contributed by atoms with Crippen LogP contribution >= 0.6 is 7.60 Å². The van der Waals surface area contributed by atoms with Crippen molar-refractivity contribution in [3.63, 3.8) is 0 Å². The number of carbonyl (C=O) groups is 2. The highest BCUT2D eigenvalue weighted by Gasteiger charge is 2.26. The second-order valence-electron chi connectivity index (χ2n) is 5.70. The van der Waals surface area contributed by atoms with Crippen molar-refractivity contribution in [1.29, 1.82) is 0 Å². The van der Waals surface area contributed by atoms with Crippen LogP contribution in [-0.4, -0.2) is 39.2 Å². The highest BCUT2D eigenvalue weighted by Crippen LogP contribution is 2.48. The highest BCUT2D eigenvalue weighted by molar-refractivity contribution is 7.53. The lowest BCUT2D eigenvalue weighted by atomic mass is 10.2. The Morgan fingerprint density at radius 1 is 1.03 bits per heavy atom. The molecule has 162 valence electrons. The van der Waals surface area contributed by atoms with Gasteiger partial charge in [0.1, 0.15) is 17.2 Å². The summed E-state index contributed by atoms with van der Waals surface area (Å²) in [5.74, 6) is 0.496. The van der Waals surface area contributed by atoms with Crippen molar-refractivity contribution in [3.05, 3.63) is 48.5 Å². The van der Waals surface area contributed by atoms with E-state index < -0.39 is 13.5 Å². The summed E-state index contributed by atoms with van der Waals surface area (Å²) in [4.78, 5) is 30.9. The van der Waals surface area contributed by atoms with E-state index in [9.17, 15) is 14.2 Å². The number of hydrogen-bond acceptors (Lipinski definition) is 9. The summed E-state index contributed by atoms with van der Waals surface area (Å²) in [5.41, 5.74) is 0.275. The molecule has 30 heavy (non-hydrogen) atoms. The van der Waals surface area contributed by atoms with Crippen molar-refractivity contribution in [2.75, 3.05) is 32.3 Å². The SMILES string of the molecule is COOP(=O)(CCCOc1cc(Oc2ccccc2)ccc1NC(=O)C=O)OOC. The predicted molar refractivity (Wildman–Crippen MR) is 106 cm³/mol. The van der Waals surface area contributed by atoms with Crippen LogP contribution in [-0.2, 0) is 33.3 Å². The van der Waals surface area contributed by atoms with Crippen LogP contribution in [0, 0.1) is 0 Å². The fourth-order valence-corrected chi connectivity index (χ4v) is 3.47. The molecule has 0 aromatic heterocycles. The quantitative estimate of drug-likeness (QED) is 0.124. The predicted octanol–water partition coefficient (Wildman–Crippen LogP) is 3.73. The normalized spacial score (nSPS) is 11.0. The molecule has 0 bridgehead atoms. The van der Waals surface area contributed by atoms with Crippen LogP contribution in [0.5, 0.6) is 17.2 Å². The molecule has 0 radical (unpaired) electrons. The van der Waals surface area contributed by atoms with Gasteiger partial charge in [-0.25, -0.2) is 9.78 Å². The maximum Gasteiger partial charge on any atom is 0.384 e. The number of aldehydes is 1. The fraction of sp³-hybridized carbons (Fsp3) is 0.263. The topological polar surface area (TPSA) is 119 Å². The van der Waals surface area contributed by atoms with Gasteiger partial charge in [0.05, 0.1) is 32.7 Å². The average molecular weight is 439 g/mol. The number of para-hydroxylation sites is 1. The standard InChI is InChI=1S/C19H22NO9P/c1-24-28-30(23,29-25-2)12-6-11-26-18-13-16(27-15-7-4-3-5-8-15)9-10-17(18)20-19(22)14-21/h3-5,7-10,13-14H,6,11-12H2,1-2H3,(H,20,22). The maximum absolute atomic E-state index is 12.3.